The molecule has 0 radical (unpaired) electrons. The summed E-state index contributed by atoms with van der Waals surface area (Å²) in [5.41, 5.74) is 5.56. The Balaban J connectivity index is 1.50. The number of nitrogens with one attached hydrogen (secondary N) is 1. The minimum Gasteiger partial charge on any atom is -0.493 e. The van der Waals surface area contributed by atoms with Gasteiger partial charge in [-0.1, -0.05) is 64.6 Å². The molecule has 1 N–H and O–H groups in total. The number of methoxy groups -OCH3 is 2. The number of halogens is 4. The maximum atomic E-state index is 6.44. The second-order valence-corrected chi connectivity index (χ2v) is 11.4. The van der Waals surface area contributed by atoms with E-state index in [1.165, 1.54) is 0 Å². The van der Waals surface area contributed by atoms with Crippen LogP contribution in [0.3, 0.4) is 0 Å². The first-order valence-electron chi connectivity index (χ1n) is 12.6. The van der Waals surface area contributed by atoms with Crippen molar-refractivity contribution in [2.24, 2.45) is 4.99 Å². The van der Waals surface area contributed by atoms with Crippen molar-refractivity contribution in [3.8, 4) is 11.5 Å². The minimum absolute atomic E-state index is 0.204. The highest BCUT2D eigenvalue weighted by atomic mass is 35.5. The Hall–Kier alpha value is -3.00. The third-order valence-corrected chi connectivity index (χ3v) is 8.46. The Labute approximate surface area is 264 Å². The van der Waals surface area contributed by atoms with Crippen molar-refractivity contribution in [1.29, 1.82) is 0 Å². The largest absolute Gasteiger partial charge is 0.493 e. The lowest BCUT2D eigenvalue weighted by molar-refractivity contribution is 0.330. The number of aliphatic imine (C=N–C) groups is 1. The van der Waals surface area contributed by atoms with E-state index < -0.39 is 0 Å². The molecule has 1 aliphatic heterocycles. The monoisotopic (exact) mass is 643 g/mol. The summed E-state index contributed by atoms with van der Waals surface area (Å²) in [6.45, 7) is 0.675. The van der Waals surface area contributed by atoms with E-state index >= 15 is 0 Å². The fourth-order valence-corrected chi connectivity index (χ4v) is 5.74. The van der Waals surface area contributed by atoms with E-state index in [1.807, 2.05) is 30.3 Å². The topological polar surface area (TPSA) is 46.1 Å². The third-order valence-electron chi connectivity index (χ3n) is 6.82. The molecule has 41 heavy (non-hydrogen) atoms. The molecule has 5 nitrogen and oxygen atoms in total. The fraction of sp³-hybridized carbons (Fsp3) is 0.161. The molecule has 0 aromatic heterocycles. The molecule has 1 aliphatic rings. The van der Waals surface area contributed by atoms with Gasteiger partial charge < -0.3 is 19.7 Å². The number of hydrogen-bond donors (Lipinski definition) is 1. The van der Waals surface area contributed by atoms with Gasteiger partial charge in [-0.3, -0.25) is 4.99 Å². The van der Waals surface area contributed by atoms with Crippen LogP contribution in [0.4, 0.5) is 11.4 Å². The Morgan fingerprint density at radius 1 is 0.878 bits per heavy atom. The molecule has 10 heteroatoms. The van der Waals surface area contributed by atoms with Crippen LogP contribution in [0.2, 0.25) is 20.1 Å². The van der Waals surface area contributed by atoms with Gasteiger partial charge in [-0.2, -0.15) is 0 Å². The summed E-state index contributed by atoms with van der Waals surface area (Å²) >= 11 is 30.8. The number of ether oxygens (including phenoxy) is 2. The molecule has 0 saturated heterocycles. The first-order chi connectivity index (χ1) is 19.8. The number of rotatable bonds is 6. The Morgan fingerprint density at radius 2 is 1.59 bits per heavy atom. The number of thiocarbonyl (C=S) groups is 1. The summed E-state index contributed by atoms with van der Waals surface area (Å²) in [4.78, 5) is 6.76. The van der Waals surface area contributed by atoms with E-state index in [2.05, 4.69) is 27.3 Å². The van der Waals surface area contributed by atoms with Crippen LogP contribution in [0.1, 0.15) is 28.3 Å². The van der Waals surface area contributed by atoms with E-state index in [0.29, 0.717) is 48.9 Å². The van der Waals surface area contributed by atoms with E-state index in [4.69, 9.17) is 68.1 Å². The zero-order valence-electron chi connectivity index (χ0n) is 22.1. The smallest absolute Gasteiger partial charge is 0.174 e. The Bertz CT molecular complexity index is 1630. The molecule has 4 aromatic carbocycles. The first kappa shape index (κ1) is 29.5. The highest BCUT2D eigenvalue weighted by molar-refractivity contribution is 7.80. The summed E-state index contributed by atoms with van der Waals surface area (Å²) in [5, 5.41) is 5.91. The van der Waals surface area contributed by atoms with Crippen LogP contribution in [0.15, 0.2) is 77.8 Å². The number of nitrogens with zero attached hydrogens (tertiary/aromatic N) is 2. The molecule has 1 heterocycles. The number of benzene rings is 4. The van der Waals surface area contributed by atoms with Crippen LogP contribution >= 0.6 is 58.6 Å². The van der Waals surface area contributed by atoms with Crippen molar-refractivity contribution < 1.29 is 9.47 Å². The van der Waals surface area contributed by atoms with E-state index in [1.54, 1.807) is 50.8 Å². The summed E-state index contributed by atoms with van der Waals surface area (Å²) in [5.74, 6) is 1.34. The maximum Gasteiger partial charge on any atom is 0.174 e. The normalized spacial score (nSPS) is 14.6. The molecule has 1 atom stereocenters. The molecule has 0 fully saturated rings. The van der Waals surface area contributed by atoms with Crippen LogP contribution in [0.5, 0.6) is 11.5 Å². The van der Waals surface area contributed by atoms with Gasteiger partial charge in [-0.05, 0) is 95.5 Å². The summed E-state index contributed by atoms with van der Waals surface area (Å²) in [6, 6.07) is 22.6. The van der Waals surface area contributed by atoms with Gasteiger partial charge in [-0.15, -0.1) is 0 Å². The van der Waals surface area contributed by atoms with Crippen molar-refractivity contribution in [3.05, 3.63) is 115 Å². The fourth-order valence-electron chi connectivity index (χ4n) is 4.79. The van der Waals surface area contributed by atoms with Crippen molar-refractivity contribution in [3.63, 3.8) is 0 Å². The number of fused-ring (bicyclic) bond motifs is 1. The number of anilines is 1. The van der Waals surface area contributed by atoms with Gasteiger partial charge in [0.15, 0.2) is 16.6 Å². The summed E-state index contributed by atoms with van der Waals surface area (Å²) < 4.78 is 11.2. The van der Waals surface area contributed by atoms with Gasteiger partial charge in [-0.25, -0.2) is 0 Å². The molecule has 210 valence electrons. The number of hydrogen-bond acceptors (Lipinski definition) is 4. The predicted molar refractivity (Wildman–Crippen MR) is 175 cm³/mol. The summed E-state index contributed by atoms with van der Waals surface area (Å²) in [6.07, 6.45) is 2.52. The second-order valence-electron chi connectivity index (χ2n) is 9.33. The molecule has 0 bridgehead atoms. The molecule has 0 saturated carbocycles. The lowest BCUT2D eigenvalue weighted by Gasteiger charge is -2.40. The molecule has 0 aliphatic carbocycles. The van der Waals surface area contributed by atoms with E-state index in [9.17, 15) is 0 Å². The molecule has 5 rings (SSSR count). The Kier molecular flexibility index (Phi) is 9.27. The third kappa shape index (κ3) is 6.58. The molecule has 4 aromatic rings. The van der Waals surface area contributed by atoms with Gasteiger partial charge in [0.25, 0.3) is 0 Å². The van der Waals surface area contributed by atoms with Crippen molar-refractivity contribution in [1.82, 2.24) is 4.90 Å². The highest BCUT2D eigenvalue weighted by Crippen LogP contribution is 2.42. The van der Waals surface area contributed by atoms with E-state index in [0.717, 1.165) is 34.4 Å². The predicted octanol–water partition coefficient (Wildman–Crippen LogP) is 9.41. The first-order valence-corrected chi connectivity index (χ1v) is 14.6. The average Bonchev–Trinajstić information content (AvgIpc) is 2.98. The van der Waals surface area contributed by atoms with E-state index in [-0.39, 0.29) is 6.04 Å². The van der Waals surface area contributed by atoms with Gasteiger partial charge in [0.05, 0.1) is 46.7 Å². The average molecular weight is 645 g/mol. The van der Waals surface area contributed by atoms with Gasteiger partial charge in [0, 0.05) is 17.8 Å². The molecular weight excluding hydrogens is 620 g/mol. The van der Waals surface area contributed by atoms with Crippen LogP contribution in [-0.4, -0.2) is 37.0 Å². The molecule has 0 amide bonds. The van der Waals surface area contributed by atoms with Gasteiger partial charge >= 0.3 is 0 Å². The lowest BCUT2D eigenvalue weighted by Crippen LogP contribution is -2.42. The van der Waals surface area contributed by atoms with Crippen LogP contribution in [0.25, 0.3) is 0 Å². The standard InChI is InChI=1S/C31H25Cl4N3O2S/c1-39-28-14-20-11-12-38(31(41)37-27-15-21(32)6-10-25(27)34)30(23(20)16-29(28)40-2)19-4-7-22(8-5-19)36-17-18-3-9-24(33)26(35)13-18/h3-10,13-17,30H,11-12H2,1-2H3,(H,37,41). The highest BCUT2D eigenvalue weighted by Gasteiger charge is 2.32. The van der Waals surface area contributed by atoms with Crippen LogP contribution in [-0.2, 0) is 6.42 Å². The minimum atomic E-state index is -0.204. The van der Waals surface area contributed by atoms with Crippen molar-refractivity contribution >= 4 is 81.3 Å². The quantitative estimate of drug-likeness (QED) is 0.167. The molecular formula is C31H25Cl4N3O2S. The van der Waals surface area contributed by atoms with Crippen molar-refractivity contribution in [2.75, 3.05) is 26.1 Å². The SMILES string of the molecule is COc1cc2c(cc1OC)C(c1ccc(N=Cc3ccc(Cl)c(Cl)c3)cc1)N(C(=S)Nc1cc(Cl)ccc1Cl)CC2. The molecule has 0 spiro atoms. The lowest BCUT2D eigenvalue weighted by atomic mass is 9.87. The van der Waals surface area contributed by atoms with Crippen molar-refractivity contribution in [2.45, 2.75) is 12.5 Å². The zero-order chi connectivity index (χ0) is 29.1. The second kappa shape index (κ2) is 12.9. The van der Waals surface area contributed by atoms with Gasteiger partial charge in [0.1, 0.15) is 0 Å². The summed E-state index contributed by atoms with van der Waals surface area (Å²) in [7, 11) is 3.27. The molecule has 1 unspecified atom stereocenters. The maximum absolute atomic E-state index is 6.44. The zero-order valence-corrected chi connectivity index (χ0v) is 26.0. The van der Waals surface area contributed by atoms with Crippen LogP contribution in [0, 0.1) is 0 Å². The Morgan fingerprint density at radius 3 is 2.29 bits per heavy atom. The van der Waals surface area contributed by atoms with Crippen LogP contribution < -0.4 is 14.8 Å². The van der Waals surface area contributed by atoms with Gasteiger partial charge in [0.2, 0.25) is 0 Å².